The summed E-state index contributed by atoms with van der Waals surface area (Å²) in [5, 5.41) is 0. The van der Waals surface area contributed by atoms with Gasteiger partial charge in [0.2, 0.25) is 0 Å². The molecule has 0 spiro atoms. The van der Waals surface area contributed by atoms with Crippen LogP contribution < -0.4 is 0 Å². The van der Waals surface area contributed by atoms with E-state index in [4.69, 9.17) is 17.8 Å². The minimum atomic E-state index is -1.07. The molecule has 0 bridgehead atoms. The zero-order valence-corrected chi connectivity index (χ0v) is 13.0. The van der Waals surface area contributed by atoms with E-state index in [1.165, 1.54) is 0 Å². The molecule has 0 aliphatic rings. The fourth-order valence-corrected chi connectivity index (χ4v) is 0. The van der Waals surface area contributed by atoms with Crippen molar-refractivity contribution in [3.63, 3.8) is 0 Å². The Morgan fingerprint density at radius 3 is 0.750 bits per heavy atom. The Bertz CT molecular complexity index is 27.5. The molecule has 0 saturated heterocycles. The van der Waals surface area contributed by atoms with E-state index in [1.807, 2.05) is 0 Å². The monoisotopic (exact) mass is 370 g/mol. The molecule has 0 aromatic heterocycles. The number of hydrogen-bond donors (Lipinski definition) is 0. The van der Waals surface area contributed by atoms with Gasteiger partial charge >= 0.3 is 74.9 Å². The number of halogens is 2. The molecule has 0 fully saturated rings. The second kappa shape index (κ2) is 9.18. The van der Waals surface area contributed by atoms with Crippen molar-refractivity contribution in [2.24, 2.45) is 0 Å². The van der Waals surface area contributed by atoms with Crippen molar-refractivity contribution in [1.29, 1.82) is 0 Å². The Labute approximate surface area is 73.8 Å². The second-order valence-electron chi connectivity index (χ2n) is 1.76. The molecule has 2 radical (unpaired) electrons. The zero-order valence-electron chi connectivity index (χ0n) is 5.76. The summed E-state index contributed by atoms with van der Waals surface area (Å²) >= 11 is -2.14. The molecule has 0 nitrogen and oxygen atoms in total. The van der Waals surface area contributed by atoms with Crippen molar-refractivity contribution in [3.8, 4) is 0 Å². The molecule has 0 rings (SSSR count). The van der Waals surface area contributed by atoms with Crippen LogP contribution in [-0.4, -0.2) is 37.3 Å². The number of rotatable bonds is 0. The summed E-state index contributed by atoms with van der Waals surface area (Å²) in [5.41, 5.74) is 0. The molecule has 50 valence electrons. The molecule has 8 heavy (non-hydrogen) atoms. The molecule has 0 saturated carbocycles. The number of hydrogen-bond acceptors (Lipinski definition) is 0. The molecular formula is C4H12Cl2Sn2. The summed E-state index contributed by atoms with van der Waals surface area (Å²) in [6.07, 6.45) is 0. The molecule has 0 aromatic rings. The molecule has 0 amide bonds. The van der Waals surface area contributed by atoms with Crippen LogP contribution in [0.1, 0.15) is 0 Å². The molecule has 4 heteroatoms. The first-order valence-electron chi connectivity index (χ1n) is 2.38. The van der Waals surface area contributed by atoms with Crippen molar-refractivity contribution >= 4 is 55.1 Å². The molecule has 0 heterocycles. The van der Waals surface area contributed by atoms with Crippen LogP contribution in [0, 0.1) is 0 Å². The van der Waals surface area contributed by atoms with Gasteiger partial charge < -0.3 is 0 Å². The summed E-state index contributed by atoms with van der Waals surface area (Å²) < 4.78 is 0. The average Bonchev–Trinajstić information content (AvgIpc) is 1.25. The van der Waals surface area contributed by atoms with Crippen molar-refractivity contribution in [2.75, 3.05) is 0 Å². The molecule has 0 aliphatic carbocycles. The van der Waals surface area contributed by atoms with E-state index in [2.05, 4.69) is 19.8 Å². The van der Waals surface area contributed by atoms with Crippen molar-refractivity contribution in [1.82, 2.24) is 0 Å². The second-order valence-corrected chi connectivity index (χ2v) is 21.9. The molecule has 0 aromatic carbocycles. The van der Waals surface area contributed by atoms with Crippen molar-refractivity contribution < 1.29 is 0 Å². The summed E-state index contributed by atoms with van der Waals surface area (Å²) in [4.78, 5) is 8.52. The van der Waals surface area contributed by atoms with Crippen LogP contribution in [-0.2, 0) is 0 Å². The molecule has 0 N–H and O–H groups in total. The van der Waals surface area contributed by atoms with E-state index in [-0.39, 0.29) is 0 Å². The van der Waals surface area contributed by atoms with Gasteiger partial charge in [-0.05, 0) is 0 Å². The zero-order chi connectivity index (χ0) is 7.15. The van der Waals surface area contributed by atoms with Crippen molar-refractivity contribution in [3.05, 3.63) is 0 Å². The first kappa shape index (κ1) is 12.8. The van der Waals surface area contributed by atoms with Gasteiger partial charge in [0.1, 0.15) is 0 Å². The van der Waals surface area contributed by atoms with E-state index >= 15 is 0 Å². The normalized spacial score (nSPS) is 9.00. The summed E-state index contributed by atoms with van der Waals surface area (Å²) in [7, 11) is 10.9. The maximum absolute atomic E-state index is 5.47. The quantitative estimate of drug-likeness (QED) is 0.577. The van der Waals surface area contributed by atoms with Crippen molar-refractivity contribution in [2.45, 2.75) is 19.8 Å². The first-order valence-corrected chi connectivity index (χ1v) is 21.0. The molecular weight excluding hydrogens is 356 g/mol. The van der Waals surface area contributed by atoms with Crippen LogP contribution in [0.4, 0.5) is 0 Å². The van der Waals surface area contributed by atoms with Crippen LogP contribution >= 0.6 is 17.8 Å². The van der Waals surface area contributed by atoms with Crippen LogP contribution in [0.25, 0.3) is 0 Å². The molecule has 0 aliphatic heterocycles. The van der Waals surface area contributed by atoms with Crippen LogP contribution in [0.5, 0.6) is 0 Å². The summed E-state index contributed by atoms with van der Waals surface area (Å²) in [6, 6.07) is 0. The van der Waals surface area contributed by atoms with E-state index in [1.54, 1.807) is 0 Å². The predicted octanol–water partition coefficient (Wildman–Crippen LogP) is 2.95. The third kappa shape index (κ3) is 88.9. The third-order valence-corrected chi connectivity index (χ3v) is 0. The van der Waals surface area contributed by atoms with E-state index in [0.717, 1.165) is 0 Å². The Morgan fingerprint density at radius 2 is 0.750 bits per heavy atom. The predicted molar refractivity (Wildman–Crippen MR) is 46.7 cm³/mol. The van der Waals surface area contributed by atoms with Gasteiger partial charge in [0.25, 0.3) is 0 Å². The van der Waals surface area contributed by atoms with Crippen LogP contribution in [0.15, 0.2) is 0 Å². The Balaban J connectivity index is 0. The fourth-order valence-electron chi connectivity index (χ4n) is 0. The Kier molecular flexibility index (Phi) is 14.7. The average molecular weight is 368 g/mol. The maximum atomic E-state index is 5.47. The first-order chi connectivity index (χ1) is 3.46. The third-order valence-electron chi connectivity index (χ3n) is 0. The molecule has 0 unspecified atom stereocenters. The Morgan fingerprint density at radius 1 is 0.750 bits per heavy atom. The van der Waals surface area contributed by atoms with Gasteiger partial charge in [-0.25, -0.2) is 0 Å². The summed E-state index contributed by atoms with van der Waals surface area (Å²) in [5.74, 6) is 0. The van der Waals surface area contributed by atoms with Gasteiger partial charge in [0, 0.05) is 0 Å². The Hall–Kier alpha value is 2.18. The standard InChI is InChI=1S/4CH3.2ClH.2Sn/h4*1H3;2*1H;;/q;;;;;;2*+1/p-2. The summed E-state index contributed by atoms with van der Waals surface area (Å²) in [6.45, 7) is 0. The van der Waals surface area contributed by atoms with Gasteiger partial charge in [-0.1, -0.05) is 0 Å². The topological polar surface area (TPSA) is 0 Å². The van der Waals surface area contributed by atoms with Gasteiger partial charge in [0.05, 0.1) is 0 Å². The van der Waals surface area contributed by atoms with Gasteiger partial charge in [-0.3, -0.25) is 0 Å². The van der Waals surface area contributed by atoms with Gasteiger partial charge in [-0.15, -0.1) is 0 Å². The van der Waals surface area contributed by atoms with Crippen LogP contribution in [0.2, 0.25) is 19.8 Å². The fraction of sp³-hybridized carbons (Fsp3) is 1.00. The van der Waals surface area contributed by atoms with Crippen LogP contribution in [0.3, 0.4) is 0 Å². The van der Waals surface area contributed by atoms with E-state index < -0.39 is 37.3 Å². The van der Waals surface area contributed by atoms with E-state index in [0.29, 0.717) is 0 Å². The molecule has 0 atom stereocenters. The van der Waals surface area contributed by atoms with Gasteiger partial charge in [0.15, 0.2) is 0 Å². The van der Waals surface area contributed by atoms with Gasteiger partial charge in [-0.2, -0.15) is 0 Å². The SMILES string of the molecule is [CH3][Sn]([CH3])[Cl].[CH3][Sn]([CH3])[Cl]. The van der Waals surface area contributed by atoms with E-state index in [9.17, 15) is 0 Å². The minimum absolute atomic E-state index is 1.07.